The van der Waals surface area contributed by atoms with E-state index in [1.807, 2.05) is 54.6 Å². The van der Waals surface area contributed by atoms with E-state index in [-0.39, 0.29) is 11.9 Å². The Morgan fingerprint density at radius 1 is 0.762 bits per heavy atom. The van der Waals surface area contributed by atoms with Crippen LogP contribution >= 0.6 is 0 Å². The van der Waals surface area contributed by atoms with E-state index >= 15 is 0 Å². The predicted molar refractivity (Wildman–Crippen MR) is 171 cm³/mol. The zero-order valence-electron chi connectivity index (χ0n) is 24.6. The van der Waals surface area contributed by atoms with Crippen LogP contribution in [0.4, 0.5) is 5.69 Å². The van der Waals surface area contributed by atoms with Crippen LogP contribution in [-0.2, 0) is 6.54 Å². The molecular weight excluding hydrogens is 518 g/mol. The summed E-state index contributed by atoms with van der Waals surface area (Å²) in [6.45, 7) is 4.48. The lowest BCUT2D eigenvalue weighted by Crippen LogP contribution is -2.59. The molecule has 2 fully saturated rings. The zero-order valence-corrected chi connectivity index (χ0v) is 24.6. The van der Waals surface area contributed by atoms with E-state index < -0.39 is 0 Å². The van der Waals surface area contributed by atoms with Crippen LogP contribution in [0.2, 0.25) is 0 Å². The molecule has 216 valence electrons. The maximum absolute atomic E-state index is 14.7. The number of rotatable bonds is 8. The quantitative estimate of drug-likeness (QED) is 0.230. The summed E-state index contributed by atoms with van der Waals surface area (Å²) in [5, 5.41) is 0. The van der Waals surface area contributed by atoms with Crippen molar-refractivity contribution in [3.63, 3.8) is 0 Å². The Morgan fingerprint density at radius 2 is 1.40 bits per heavy atom. The first-order chi connectivity index (χ1) is 20.7. The van der Waals surface area contributed by atoms with Gasteiger partial charge in [0.25, 0.3) is 5.91 Å². The standard InChI is InChI=1S/C37H41N3O2/c1-42-36-23-13-12-22-35(36)39-26-24-38(25-27-39)33-20-10-11-21-34(33)40(28-29-14-4-2-5-15-29)37(41)32-19-9-8-18-31(32)30-16-6-3-7-17-30/h2-9,12-19,22-23,33-34H,10-11,20-21,24-28H2,1H3/t33-,34-/m0/s1. The minimum absolute atomic E-state index is 0.128. The number of nitrogens with zero attached hydrogens (tertiary/aromatic N) is 3. The van der Waals surface area contributed by atoms with Gasteiger partial charge >= 0.3 is 0 Å². The number of hydrogen-bond donors (Lipinski definition) is 0. The highest BCUT2D eigenvalue weighted by Crippen LogP contribution is 2.34. The summed E-state index contributed by atoms with van der Waals surface area (Å²) in [5.41, 5.74) is 5.20. The maximum atomic E-state index is 14.7. The van der Waals surface area contributed by atoms with E-state index in [0.717, 1.165) is 67.9 Å². The minimum atomic E-state index is 0.128. The third-order valence-electron chi connectivity index (χ3n) is 9.00. The SMILES string of the molecule is COc1ccccc1N1CCN([C@H]2CCCC[C@@H]2N(Cc2ccccc2)C(=O)c2ccccc2-c2ccccc2)CC1. The Kier molecular flexibility index (Phi) is 8.86. The molecule has 1 aliphatic heterocycles. The van der Waals surface area contributed by atoms with Crippen LogP contribution in [0, 0.1) is 0 Å². The van der Waals surface area contributed by atoms with Crippen LogP contribution in [0.3, 0.4) is 0 Å². The van der Waals surface area contributed by atoms with Crippen molar-refractivity contribution in [3.8, 4) is 16.9 Å². The highest BCUT2D eigenvalue weighted by molar-refractivity contribution is 6.01. The lowest BCUT2D eigenvalue weighted by Gasteiger charge is -2.48. The Morgan fingerprint density at radius 3 is 2.17 bits per heavy atom. The molecule has 2 aliphatic rings. The van der Waals surface area contributed by atoms with Crippen LogP contribution in [0.15, 0.2) is 109 Å². The van der Waals surface area contributed by atoms with E-state index in [1.165, 1.54) is 17.7 Å². The van der Waals surface area contributed by atoms with Crippen molar-refractivity contribution in [1.82, 2.24) is 9.80 Å². The third-order valence-corrected chi connectivity index (χ3v) is 9.00. The van der Waals surface area contributed by atoms with Crippen LogP contribution in [0.5, 0.6) is 5.75 Å². The largest absolute Gasteiger partial charge is 0.495 e. The van der Waals surface area contributed by atoms with Gasteiger partial charge in [-0.2, -0.15) is 0 Å². The van der Waals surface area contributed by atoms with Gasteiger partial charge in [-0.05, 0) is 47.7 Å². The number of amides is 1. The molecule has 1 saturated heterocycles. The molecule has 1 aliphatic carbocycles. The lowest BCUT2D eigenvalue weighted by molar-refractivity contribution is 0.0309. The Hall–Kier alpha value is -4.09. The van der Waals surface area contributed by atoms with Crippen molar-refractivity contribution in [2.24, 2.45) is 0 Å². The highest BCUT2D eigenvalue weighted by Gasteiger charge is 2.38. The number of anilines is 1. The highest BCUT2D eigenvalue weighted by atomic mass is 16.5. The molecule has 4 aromatic carbocycles. The van der Waals surface area contributed by atoms with E-state index in [0.29, 0.717) is 12.6 Å². The summed E-state index contributed by atoms with van der Waals surface area (Å²) >= 11 is 0. The number of piperazine rings is 1. The van der Waals surface area contributed by atoms with Gasteiger partial charge in [-0.25, -0.2) is 0 Å². The number of ether oxygens (including phenoxy) is 1. The van der Waals surface area contributed by atoms with Crippen molar-refractivity contribution in [2.45, 2.75) is 44.3 Å². The van der Waals surface area contributed by atoms with Gasteiger partial charge in [0, 0.05) is 50.4 Å². The molecule has 0 radical (unpaired) electrons. The molecule has 6 rings (SSSR count). The van der Waals surface area contributed by atoms with Gasteiger partial charge in [-0.15, -0.1) is 0 Å². The fourth-order valence-electron chi connectivity index (χ4n) is 6.88. The van der Waals surface area contributed by atoms with Crippen molar-refractivity contribution < 1.29 is 9.53 Å². The van der Waals surface area contributed by atoms with Gasteiger partial charge in [-0.1, -0.05) is 104 Å². The van der Waals surface area contributed by atoms with Gasteiger partial charge < -0.3 is 14.5 Å². The van der Waals surface area contributed by atoms with Gasteiger partial charge in [0.1, 0.15) is 5.75 Å². The second kappa shape index (κ2) is 13.3. The van der Waals surface area contributed by atoms with Crippen molar-refractivity contribution in [3.05, 3.63) is 120 Å². The summed E-state index contributed by atoms with van der Waals surface area (Å²) < 4.78 is 5.66. The van der Waals surface area contributed by atoms with Crippen molar-refractivity contribution in [2.75, 3.05) is 38.2 Å². The normalized spacial score (nSPS) is 19.3. The molecule has 5 nitrogen and oxygen atoms in total. The first-order valence-corrected chi connectivity index (χ1v) is 15.3. The summed E-state index contributed by atoms with van der Waals surface area (Å²) in [4.78, 5) is 22.0. The Balaban J connectivity index is 1.28. The Bertz CT molecular complexity index is 1450. The van der Waals surface area contributed by atoms with Crippen LogP contribution in [0.25, 0.3) is 11.1 Å². The minimum Gasteiger partial charge on any atom is -0.495 e. The van der Waals surface area contributed by atoms with Gasteiger partial charge in [0.2, 0.25) is 0 Å². The summed E-state index contributed by atoms with van der Waals surface area (Å²) in [6.07, 6.45) is 4.52. The number of carbonyl (C=O) groups excluding carboxylic acids is 1. The van der Waals surface area contributed by atoms with Crippen molar-refractivity contribution in [1.29, 1.82) is 0 Å². The molecular formula is C37H41N3O2. The van der Waals surface area contributed by atoms with E-state index in [1.54, 1.807) is 7.11 Å². The monoisotopic (exact) mass is 559 g/mol. The molecule has 5 heteroatoms. The molecule has 0 spiro atoms. The second-order valence-electron chi connectivity index (χ2n) is 11.4. The first kappa shape index (κ1) is 28.0. The number of methoxy groups -OCH3 is 1. The molecule has 4 aromatic rings. The molecule has 0 unspecified atom stereocenters. The molecule has 1 amide bonds. The van der Waals surface area contributed by atoms with Gasteiger partial charge in [-0.3, -0.25) is 9.69 Å². The zero-order chi connectivity index (χ0) is 28.7. The average Bonchev–Trinajstić information content (AvgIpc) is 3.08. The second-order valence-corrected chi connectivity index (χ2v) is 11.4. The molecule has 42 heavy (non-hydrogen) atoms. The van der Waals surface area contributed by atoms with Crippen LogP contribution < -0.4 is 9.64 Å². The molecule has 1 saturated carbocycles. The van der Waals surface area contributed by atoms with Crippen molar-refractivity contribution >= 4 is 11.6 Å². The van der Waals surface area contributed by atoms with E-state index in [9.17, 15) is 4.79 Å². The van der Waals surface area contributed by atoms with E-state index in [2.05, 4.69) is 69.3 Å². The van der Waals surface area contributed by atoms with Crippen LogP contribution in [0.1, 0.15) is 41.6 Å². The first-order valence-electron chi connectivity index (χ1n) is 15.3. The number of para-hydroxylation sites is 2. The smallest absolute Gasteiger partial charge is 0.255 e. The average molecular weight is 560 g/mol. The van der Waals surface area contributed by atoms with Crippen LogP contribution in [-0.4, -0.2) is 61.1 Å². The number of carbonyl (C=O) groups is 1. The topological polar surface area (TPSA) is 36.0 Å². The molecule has 0 aromatic heterocycles. The predicted octanol–water partition coefficient (Wildman–Crippen LogP) is 7.14. The fourth-order valence-corrected chi connectivity index (χ4v) is 6.88. The van der Waals surface area contributed by atoms with Gasteiger partial charge in [0.05, 0.1) is 12.8 Å². The third kappa shape index (κ3) is 6.07. The molecule has 0 N–H and O–H groups in total. The van der Waals surface area contributed by atoms with E-state index in [4.69, 9.17) is 4.74 Å². The number of hydrogen-bond acceptors (Lipinski definition) is 4. The molecule has 1 heterocycles. The Labute approximate surface area is 250 Å². The summed E-state index contributed by atoms with van der Waals surface area (Å²) in [7, 11) is 1.75. The summed E-state index contributed by atoms with van der Waals surface area (Å²) in [6, 6.07) is 37.7. The van der Waals surface area contributed by atoms with Gasteiger partial charge in [0.15, 0.2) is 0 Å². The fraction of sp³-hybridized carbons (Fsp3) is 0.324. The number of benzene rings is 4. The summed E-state index contributed by atoms with van der Waals surface area (Å²) in [5.74, 6) is 1.06. The molecule has 2 atom stereocenters. The lowest BCUT2D eigenvalue weighted by atomic mass is 9.86. The maximum Gasteiger partial charge on any atom is 0.255 e. The molecule has 0 bridgehead atoms.